The quantitative estimate of drug-likeness (QED) is 0.541. The van der Waals surface area contributed by atoms with Gasteiger partial charge in [-0.2, -0.15) is 0 Å². The highest BCUT2D eigenvalue weighted by molar-refractivity contribution is 5.75. The third-order valence-corrected chi connectivity index (χ3v) is 4.77. The van der Waals surface area contributed by atoms with Gasteiger partial charge in [0.05, 0.1) is 5.92 Å². The Hall–Kier alpha value is -1.05. The van der Waals surface area contributed by atoms with Crippen molar-refractivity contribution in [3.05, 3.63) is 24.8 Å². The minimum atomic E-state index is -0.0335. The molecule has 0 radical (unpaired) electrons. The summed E-state index contributed by atoms with van der Waals surface area (Å²) in [5.41, 5.74) is 1.20. The molecule has 0 N–H and O–H groups in total. The first-order chi connectivity index (χ1) is 7.89. The summed E-state index contributed by atoms with van der Waals surface area (Å²) in [5.74, 6) is 0.778. The van der Waals surface area contributed by atoms with Crippen molar-refractivity contribution in [1.29, 1.82) is 0 Å². The van der Waals surface area contributed by atoms with E-state index in [0.29, 0.717) is 11.8 Å². The van der Waals surface area contributed by atoms with Crippen LogP contribution in [-0.2, 0) is 9.53 Å². The maximum absolute atomic E-state index is 11.6. The van der Waals surface area contributed by atoms with Gasteiger partial charge in [0, 0.05) is 5.92 Å². The molecule has 2 nitrogen and oxygen atoms in total. The number of hydrogen-bond donors (Lipinski definition) is 0. The highest BCUT2D eigenvalue weighted by Gasteiger charge is 2.51. The Balaban J connectivity index is 2.29. The third-order valence-electron chi connectivity index (χ3n) is 4.77. The van der Waals surface area contributed by atoms with Gasteiger partial charge >= 0.3 is 5.97 Å². The zero-order valence-corrected chi connectivity index (χ0v) is 11.0. The summed E-state index contributed by atoms with van der Waals surface area (Å²) in [7, 11) is 0. The molecule has 1 aliphatic heterocycles. The molecule has 0 spiro atoms. The first-order valence-electron chi connectivity index (χ1n) is 6.38. The van der Waals surface area contributed by atoms with E-state index in [1.54, 1.807) is 0 Å². The summed E-state index contributed by atoms with van der Waals surface area (Å²) in [5, 5.41) is 0. The van der Waals surface area contributed by atoms with Crippen molar-refractivity contribution in [1.82, 2.24) is 0 Å². The second kappa shape index (κ2) is 4.01. The molecule has 2 rings (SSSR count). The summed E-state index contributed by atoms with van der Waals surface area (Å²) in [6.07, 6.45) is 3.97. The summed E-state index contributed by atoms with van der Waals surface area (Å²) >= 11 is 0. The molecule has 2 heteroatoms. The second-order valence-electron chi connectivity index (χ2n) is 5.98. The zero-order valence-electron chi connectivity index (χ0n) is 11.0. The Kier molecular flexibility index (Phi) is 2.92. The van der Waals surface area contributed by atoms with E-state index in [0.717, 1.165) is 12.8 Å². The largest absolute Gasteiger partial charge is 0.462 e. The monoisotopic (exact) mass is 234 g/mol. The van der Waals surface area contributed by atoms with E-state index in [2.05, 4.69) is 27.0 Å². The standard InChI is InChI=1S/C15H22O2/c1-6-15(5)8-13-11(7-12(15)9(2)3)10(4)14(16)17-13/h6,10-13H,1-2,7-8H2,3-5H3/t10-,11+,12-,13+,15+/m0/s1. The van der Waals surface area contributed by atoms with Crippen LogP contribution in [0, 0.1) is 23.2 Å². The van der Waals surface area contributed by atoms with E-state index in [9.17, 15) is 4.79 Å². The molecule has 2 fully saturated rings. The van der Waals surface area contributed by atoms with Gasteiger partial charge in [-0.1, -0.05) is 32.1 Å². The molecule has 1 aliphatic carbocycles. The van der Waals surface area contributed by atoms with Crippen molar-refractivity contribution >= 4 is 5.97 Å². The van der Waals surface area contributed by atoms with Crippen LogP contribution in [0.25, 0.3) is 0 Å². The Morgan fingerprint density at radius 1 is 1.59 bits per heavy atom. The number of carbonyl (C=O) groups excluding carboxylic acids is 1. The van der Waals surface area contributed by atoms with Crippen LogP contribution in [0.4, 0.5) is 0 Å². The molecular formula is C15H22O2. The van der Waals surface area contributed by atoms with Gasteiger partial charge in [0.15, 0.2) is 0 Å². The molecule has 1 saturated heterocycles. The van der Waals surface area contributed by atoms with Crippen molar-refractivity contribution in [2.24, 2.45) is 23.2 Å². The van der Waals surface area contributed by atoms with Crippen LogP contribution >= 0.6 is 0 Å². The Bertz CT molecular complexity index is 371. The van der Waals surface area contributed by atoms with Gasteiger partial charge in [-0.15, -0.1) is 6.58 Å². The van der Waals surface area contributed by atoms with Crippen LogP contribution in [0.15, 0.2) is 24.8 Å². The van der Waals surface area contributed by atoms with Crippen molar-refractivity contribution in [2.75, 3.05) is 0 Å². The lowest BCUT2D eigenvalue weighted by Gasteiger charge is -2.44. The summed E-state index contributed by atoms with van der Waals surface area (Å²) in [4.78, 5) is 11.6. The maximum Gasteiger partial charge on any atom is 0.309 e. The molecule has 5 atom stereocenters. The minimum absolute atomic E-state index is 0.0112. The predicted molar refractivity (Wildman–Crippen MR) is 68.4 cm³/mol. The maximum atomic E-state index is 11.6. The molecular weight excluding hydrogens is 212 g/mol. The van der Waals surface area contributed by atoms with Gasteiger partial charge < -0.3 is 4.74 Å². The summed E-state index contributed by atoms with van der Waals surface area (Å²) in [6, 6.07) is 0. The van der Waals surface area contributed by atoms with Gasteiger partial charge in [-0.05, 0) is 31.1 Å². The van der Waals surface area contributed by atoms with E-state index in [1.165, 1.54) is 5.57 Å². The smallest absolute Gasteiger partial charge is 0.309 e. The fourth-order valence-corrected chi connectivity index (χ4v) is 3.50. The molecule has 2 aliphatic rings. The van der Waals surface area contributed by atoms with E-state index in [1.807, 2.05) is 13.0 Å². The highest BCUT2D eigenvalue weighted by atomic mass is 16.6. The average molecular weight is 234 g/mol. The first-order valence-corrected chi connectivity index (χ1v) is 6.38. The molecule has 0 aromatic heterocycles. The molecule has 1 heterocycles. The summed E-state index contributed by atoms with van der Waals surface area (Å²) in [6.45, 7) is 14.3. The Labute approximate surface area is 104 Å². The molecule has 0 unspecified atom stereocenters. The number of carbonyl (C=O) groups is 1. The van der Waals surface area contributed by atoms with Crippen LogP contribution in [0.2, 0.25) is 0 Å². The van der Waals surface area contributed by atoms with E-state index in [-0.39, 0.29) is 23.4 Å². The van der Waals surface area contributed by atoms with Gasteiger partial charge in [-0.3, -0.25) is 4.79 Å². The number of rotatable bonds is 2. The lowest BCUT2D eigenvalue weighted by molar-refractivity contribution is -0.145. The van der Waals surface area contributed by atoms with Crippen LogP contribution in [0.3, 0.4) is 0 Å². The van der Waals surface area contributed by atoms with E-state index >= 15 is 0 Å². The normalized spacial score (nSPS) is 45.0. The SMILES string of the molecule is C=C[C@]1(C)C[C@H]2OC(=O)[C@@H](C)[C@H]2C[C@H]1C(=C)C. The molecule has 0 aromatic rings. The average Bonchev–Trinajstić information content (AvgIpc) is 2.53. The Morgan fingerprint density at radius 3 is 2.76 bits per heavy atom. The third kappa shape index (κ3) is 1.84. The number of ether oxygens (including phenoxy) is 1. The van der Waals surface area contributed by atoms with E-state index in [4.69, 9.17) is 4.74 Å². The lowest BCUT2D eigenvalue weighted by Crippen LogP contribution is -2.41. The van der Waals surface area contributed by atoms with Gasteiger partial charge in [0.2, 0.25) is 0 Å². The van der Waals surface area contributed by atoms with Crippen molar-refractivity contribution in [2.45, 2.75) is 39.7 Å². The molecule has 0 aromatic carbocycles. The van der Waals surface area contributed by atoms with Crippen LogP contribution in [0.5, 0.6) is 0 Å². The molecule has 0 bridgehead atoms. The number of esters is 1. The van der Waals surface area contributed by atoms with Gasteiger partial charge in [0.25, 0.3) is 0 Å². The Morgan fingerprint density at radius 2 is 2.24 bits per heavy atom. The zero-order chi connectivity index (χ0) is 12.8. The molecule has 0 amide bonds. The van der Waals surface area contributed by atoms with Gasteiger partial charge in [0.1, 0.15) is 6.10 Å². The van der Waals surface area contributed by atoms with Crippen molar-refractivity contribution in [3.8, 4) is 0 Å². The van der Waals surface area contributed by atoms with Gasteiger partial charge in [-0.25, -0.2) is 0 Å². The molecule has 17 heavy (non-hydrogen) atoms. The minimum Gasteiger partial charge on any atom is -0.462 e. The molecule has 1 saturated carbocycles. The predicted octanol–water partition coefficient (Wildman–Crippen LogP) is 3.34. The highest BCUT2D eigenvalue weighted by Crippen LogP contribution is 2.52. The number of hydrogen-bond acceptors (Lipinski definition) is 2. The fourth-order valence-electron chi connectivity index (χ4n) is 3.50. The van der Waals surface area contributed by atoms with Crippen LogP contribution < -0.4 is 0 Å². The second-order valence-corrected chi connectivity index (χ2v) is 5.98. The summed E-state index contributed by atoms with van der Waals surface area (Å²) < 4.78 is 5.49. The van der Waals surface area contributed by atoms with E-state index < -0.39 is 0 Å². The van der Waals surface area contributed by atoms with Crippen molar-refractivity contribution in [3.63, 3.8) is 0 Å². The number of allylic oxidation sites excluding steroid dienone is 2. The topological polar surface area (TPSA) is 26.3 Å². The van der Waals surface area contributed by atoms with Crippen molar-refractivity contribution < 1.29 is 9.53 Å². The lowest BCUT2D eigenvalue weighted by atomic mass is 9.60. The molecule has 94 valence electrons. The fraction of sp³-hybridized carbons (Fsp3) is 0.667. The first kappa shape index (κ1) is 12.4. The van der Waals surface area contributed by atoms with Crippen LogP contribution in [0.1, 0.15) is 33.6 Å². The number of fused-ring (bicyclic) bond motifs is 1. The van der Waals surface area contributed by atoms with Crippen LogP contribution in [-0.4, -0.2) is 12.1 Å².